The topological polar surface area (TPSA) is 72.7 Å². The van der Waals surface area contributed by atoms with E-state index in [9.17, 15) is 14.9 Å². The van der Waals surface area contributed by atoms with E-state index in [1.54, 1.807) is 7.05 Å². The molecule has 1 aromatic rings. The Morgan fingerprint density at radius 2 is 2.20 bits per heavy atom. The highest BCUT2D eigenvalue weighted by atomic mass is 79.9. The van der Waals surface area contributed by atoms with Gasteiger partial charge in [-0.15, -0.1) is 0 Å². The lowest BCUT2D eigenvalue weighted by molar-refractivity contribution is -0.385. The zero-order chi connectivity index (χ0) is 15.3. The fourth-order valence-corrected chi connectivity index (χ4v) is 1.94. The van der Waals surface area contributed by atoms with E-state index in [0.717, 1.165) is 6.42 Å². The number of hydrogen-bond acceptors (Lipinski definition) is 4. The van der Waals surface area contributed by atoms with E-state index in [4.69, 9.17) is 4.74 Å². The number of nitro groups is 1. The maximum atomic E-state index is 12.3. The van der Waals surface area contributed by atoms with E-state index in [0.29, 0.717) is 11.4 Å². The normalized spacial score (nSPS) is 11.8. The molecule has 1 unspecified atom stereocenters. The van der Waals surface area contributed by atoms with Crippen molar-refractivity contribution in [3.63, 3.8) is 0 Å². The first kappa shape index (κ1) is 16.4. The number of nitrogens with zero attached hydrogens (tertiary/aromatic N) is 2. The number of para-hydroxylation sites is 1. The van der Waals surface area contributed by atoms with Gasteiger partial charge in [0.15, 0.2) is 0 Å². The highest BCUT2D eigenvalue weighted by Gasteiger charge is 2.24. The van der Waals surface area contributed by atoms with Gasteiger partial charge in [0.1, 0.15) is 0 Å². The highest BCUT2D eigenvalue weighted by molar-refractivity contribution is 9.09. The molecule has 1 amide bonds. The molecular formula is C13H17BrN2O4. The third kappa shape index (κ3) is 3.93. The van der Waals surface area contributed by atoms with Gasteiger partial charge in [0, 0.05) is 24.5 Å². The lowest BCUT2D eigenvalue weighted by atomic mass is 10.1. The number of ether oxygens (including phenoxy) is 1. The van der Waals surface area contributed by atoms with Crippen LogP contribution in [-0.2, 0) is 0 Å². The molecule has 0 spiro atoms. The van der Waals surface area contributed by atoms with Crippen LogP contribution >= 0.6 is 15.9 Å². The van der Waals surface area contributed by atoms with Crippen molar-refractivity contribution in [2.24, 2.45) is 0 Å². The van der Waals surface area contributed by atoms with E-state index < -0.39 is 4.92 Å². The summed E-state index contributed by atoms with van der Waals surface area (Å²) in [6.45, 7) is 2.54. The second-order valence-corrected chi connectivity index (χ2v) is 5.97. The van der Waals surface area contributed by atoms with Gasteiger partial charge in [0.2, 0.25) is 5.75 Å². The van der Waals surface area contributed by atoms with Gasteiger partial charge in [-0.25, -0.2) is 0 Å². The predicted molar refractivity (Wildman–Crippen MR) is 79.6 cm³/mol. The average molecular weight is 345 g/mol. The van der Waals surface area contributed by atoms with Crippen LogP contribution in [0, 0.1) is 10.1 Å². The first-order valence-electron chi connectivity index (χ1n) is 6.09. The lowest BCUT2D eigenvalue weighted by Gasteiger charge is -2.19. The minimum absolute atomic E-state index is 0.00115. The van der Waals surface area contributed by atoms with Gasteiger partial charge in [0.25, 0.3) is 5.91 Å². The molecule has 1 rings (SSSR count). The smallest absolute Gasteiger partial charge is 0.311 e. The maximum absolute atomic E-state index is 12.3. The number of hydrogen-bond donors (Lipinski definition) is 0. The van der Waals surface area contributed by atoms with Gasteiger partial charge in [-0.2, -0.15) is 0 Å². The zero-order valence-corrected chi connectivity index (χ0v) is 13.2. The molecule has 0 saturated heterocycles. The molecule has 20 heavy (non-hydrogen) atoms. The Balaban J connectivity index is 3.03. The number of amides is 1. The fraction of sp³-hybridized carbons (Fsp3) is 0.462. The quantitative estimate of drug-likeness (QED) is 0.451. The third-order valence-electron chi connectivity index (χ3n) is 2.83. The Kier molecular flexibility index (Phi) is 5.94. The minimum Gasteiger partial charge on any atom is -0.490 e. The Morgan fingerprint density at radius 1 is 1.55 bits per heavy atom. The van der Waals surface area contributed by atoms with Crippen molar-refractivity contribution in [2.75, 3.05) is 20.7 Å². The molecule has 1 aromatic carbocycles. The van der Waals surface area contributed by atoms with E-state index in [2.05, 4.69) is 15.9 Å². The predicted octanol–water partition coefficient (Wildman–Crippen LogP) is 2.85. The molecular weight excluding hydrogens is 328 g/mol. The first-order chi connectivity index (χ1) is 9.38. The molecule has 0 aromatic heterocycles. The molecule has 0 aliphatic rings. The van der Waals surface area contributed by atoms with Crippen molar-refractivity contribution >= 4 is 27.5 Å². The monoisotopic (exact) mass is 344 g/mol. The third-order valence-corrected chi connectivity index (χ3v) is 3.29. The Labute approximate surface area is 126 Å². The molecule has 0 radical (unpaired) electrons. The van der Waals surface area contributed by atoms with Gasteiger partial charge in [-0.3, -0.25) is 14.9 Å². The second-order valence-electron chi connectivity index (χ2n) is 4.41. The van der Waals surface area contributed by atoms with E-state index in [1.807, 2.05) is 6.92 Å². The highest BCUT2D eigenvalue weighted by Crippen LogP contribution is 2.31. The lowest BCUT2D eigenvalue weighted by Crippen LogP contribution is -2.29. The minimum atomic E-state index is -0.559. The zero-order valence-electron chi connectivity index (χ0n) is 11.6. The number of halogens is 1. The summed E-state index contributed by atoms with van der Waals surface area (Å²) in [5.74, 6) is -0.292. The average Bonchev–Trinajstić information content (AvgIpc) is 2.42. The summed E-state index contributed by atoms with van der Waals surface area (Å²) in [6, 6.07) is 4.33. The summed E-state index contributed by atoms with van der Waals surface area (Å²) in [5.41, 5.74) is -0.00737. The van der Waals surface area contributed by atoms with Gasteiger partial charge < -0.3 is 9.64 Å². The van der Waals surface area contributed by atoms with Gasteiger partial charge in [0.05, 0.1) is 17.6 Å². The maximum Gasteiger partial charge on any atom is 0.311 e. The van der Waals surface area contributed by atoms with Crippen molar-refractivity contribution in [3.05, 3.63) is 33.9 Å². The summed E-state index contributed by atoms with van der Waals surface area (Å²) in [6.07, 6.45) is 0.791. The molecule has 0 aliphatic carbocycles. The van der Waals surface area contributed by atoms with Crippen LogP contribution in [0.1, 0.15) is 23.7 Å². The fourth-order valence-electron chi connectivity index (χ4n) is 1.73. The van der Waals surface area contributed by atoms with E-state index in [1.165, 1.54) is 30.2 Å². The molecule has 0 saturated carbocycles. The molecule has 0 heterocycles. The van der Waals surface area contributed by atoms with Crippen LogP contribution in [-0.4, -0.2) is 41.3 Å². The number of benzene rings is 1. The van der Waals surface area contributed by atoms with Crippen molar-refractivity contribution in [1.29, 1.82) is 0 Å². The first-order valence-corrected chi connectivity index (χ1v) is 7.01. The molecule has 110 valence electrons. The van der Waals surface area contributed by atoms with Crippen LogP contribution < -0.4 is 4.74 Å². The molecule has 1 atom stereocenters. The van der Waals surface area contributed by atoms with Crippen LogP contribution in [0.4, 0.5) is 5.69 Å². The number of carbonyl (C=O) groups excluding carboxylic acids is 1. The number of alkyl halides is 1. The Morgan fingerprint density at radius 3 is 2.70 bits per heavy atom. The number of carbonyl (C=O) groups is 1. The second kappa shape index (κ2) is 7.23. The van der Waals surface area contributed by atoms with Gasteiger partial charge in [-0.1, -0.05) is 28.9 Å². The van der Waals surface area contributed by atoms with Crippen molar-refractivity contribution < 1.29 is 14.5 Å². The van der Waals surface area contributed by atoms with E-state index >= 15 is 0 Å². The van der Waals surface area contributed by atoms with Crippen LogP contribution in [0.15, 0.2) is 18.2 Å². The summed E-state index contributed by atoms with van der Waals surface area (Å²) in [7, 11) is 2.98. The summed E-state index contributed by atoms with van der Waals surface area (Å²) < 4.78 is 5.04. The Bertz CT molecular complexity index is 505. The van der Waals surface area contributed by atoms with Crippen molar-refractivity contribution in [1.82, 2.24) is 4.90 Å². The number of rotatable bonds is 6. The van der Waals surface area contributed by atoms with Crippen molar-refractivity contribution in [2.45, 2.75) is 18.2 Å². The molecule has 6 nitrogen and oxygen atoms in total. The summed E-state index contributed by atoms with van der Waals surface area (Å²) in [5, 5.41) is 10.9. The standard InChI is InChI=1S/C13H17BrN2O4/c1-9(14)7-8-15(2)13(17)10-5-4-6-11(16(18)19)12(10)20-3/h4-6,9H,7-8H2,1-3H3. The SMILES string of the molecule is COc1c(C(=O)N(C)CCC(C)Br)cccc1[N+](=O)[O-]. The molecule has 0 bridgehead atoms. The van der Waals surface area contributed by atoms with Crippen LogP contribution in [0.5, 0.6) is 5.75 Å². The van der Waals surface area contributed by atoms with Crippen LogP contribution in [0.2, 0.25) is 0 Å². The molecule has 0 fully saturated rings. The van der Waals surface area contributed by atoms with Crippen LogP contribution in [0.25, 0.3) is 0 Å². The van der Waals surface area contributed by atoms with Crippen LogP contribution in [0.3, 0.4) is 0 Å². The molecule has 0 N–H and O–H groups in total. The van der Waals surface area contributed by atoms with Gasteiger partial charge in [-0.05, 0) is 12.5 Å². The summed E-state index contributed by atoms with van der Waals surface area (Å²) in [4.78, 5) is 24.5. The van der Waals surface area contributed by atoms with Crippen molar-refractivity contribution in [3.8, 4) is 5.75 Å². The van der Waals surface area contributed by atoms with Gasteiger partial charge >= 0.3 is 5.69 Å². The van der Waals surface area contributed by atoms with E-state index in [-0.39, 0.29) is 22.9 Å². The number of nitro benzene ring substituents is 1. The Hall–Kier alpha value is -1.63. The molecule has 7 heteroatoms. The summed E-state index contributed by atoms with van der Waals surface area (Å²) >= 11 is 3.42. The number of methoxy groups -OCH3 is 1. The molecule has 0 aliphatic heterocycles. The largest absolute Gasteiger partial charge is 0.490 e.